The van der Waals surface area contributed by atoms with E-state index in [2.05, 4.69) is 49.5 Å². The van der Waals surface area contributed by atoms with Crippen molar-refractivity contribution in [2.75, 3.05) is 6.54 Å². The largest absolute Gasteiger partial charge is 0.352 e. The van der Waals surface area contributed by atoms with Gasteiger partial charge in [-0.15, -0.1) is 0 Å². The molecule has 3 nitrogen and oxygen atoms in total. The van der Waals surface area contributed by atoms with E-state index in [4.69, 9.17) is 4.98 Å². The maximum atomic E-state index is 14.2. The molecule has 0 spiro atoms. The maximum absolute atomic E-state index is 14.2. The molecule has 0 saturated heterocycles. The molecule has 0 aliphatic heterocycles. The van der Waals surface area contributed by atoms with Gasteiger partial charge in [-0.1, -0.05) is 72.8 Å². The number of hydrogen-bond donors (Lipinski definition) is 1. The van der Waals surface area contributed by atoms with Crippen LogP contribution in [-0.2, 0) is 0 Å². The van der Waals surface area contributed by atoms with Crippen molar-refractivity contribution in [2.45, 2.75) is 26.2 Å². The van der Waals surface area contributed by atoms with Crippen molar-refractivity contribution in [3.63, 3.8) is 0 Å². The molecule has 0 unspecified atom stereocenters. The summed E-state index contributed by atoms with van der Waals surface area (Å²) in [5.41, 5.74) is 7.39. The highest BCUT2D eigenvalue weighted by Crippen LogP contribution is 2.29. The predicted molar refractivity (Wildman–Crippen MR) is 148 cm³/mol. The fraction of sp³-hybridized carbons (Fsp3) is 0.152. The van der Waals surface area contributed by atoms with E-state index < -0.39 is 5.82 Å². The number of aryl methyl sites for hydroxylation is 2. The Morgan fingerprint density at radius 3 is 2.14 bits per heavy atom. The van der Waals surface area contributed by atoms with E-state index in [9.17, 15) is 9.18 Å². The fourth-order valence-corrected chi connectivity index (χ4v) is 4.76. The van der Waals surface area contributed by atoms with Crippen LogP contribution in [0.2, 0.25) is 0 Å². The number of fused-ring (bicyclic) bond motifs is 1. The molecule has 0 atom stereocenters. The van der Waals surface area contributed by atoms with Crippen molar-refractivity contribution in [3.05, 3.63) is 137 Å². The zero-order chi connectivity index (χ0) is 25.8. The van der Waals surface area contributed by atoms with Gasteiger partial charge in [0.25, 0.3) is 5.91 Å². The minimum Gasteiger partial charge on any atom is -0.352 e. The van der Waals surface area contributed by atoms with Gasteiger partial charge in [0.05, 0.1) is 16.8 Å². The molecule has 0 saturated carbocycles. The Kier molecular flexibility index (Phi) is 7.09. The maximum Gasteiger partial charge on any atom is 0.252 e. The average molecular weight is 489 g/mol. The standard InChI is InChI=1S/C33H29FN2O/c1-22-13-14-26(19-23(22)2)32-21-30(29-20-27(34)15-16-31(29)36-32)33(37)35-18-17-28(24-9-5-3-6-10-24)25-11-7-4-8-12-25/h3-16,19-21,28H,17-18H2,1-2H3,(H,35,37). The van der Waals surface area contributed by atoms with E-state index in [1.165, 1.54) is 28.8 Å². The van der Waals surface area contributed by atoms with Crippen molar-refractivity contribution in [1.82, 2.24) is 10.3 Å². The Morgan fingerprint density at radius 1 is 0.811 bits per heavy atom. The molecule has 1 aromatic heterocycles. The van der Waals surface area contributed by atoms with Gasteiger partial charge in [0, 0.05) is 23.4 Å². The van der Waals surface area contributed by atoms with E-state index in [1.54, 1.807) is 12.1 Å². The van der Waals surface area contributed by atoms with Gasteiger partial charge in [0.2, 0.25) is 0 Å². The number of halogens is 1. The Labute approximate surface area is 217 Å². The number of pyridine rings is 1. The third-order valence-electron chi connectivity index (χ3n) is 6.94. The zero-order valence-electron chi connectivity index (χ0n) is 21.0. The first-order valence-corrected chi connectivity index (χ1v) is 12.6. The first-order chi connectivity index (χ1) is 18.0. The number of hydrogen-bond acceptors (Lipinski definition) is 2. The Bertz CT molecular complexity index is 1510. The van der Waals surface area contributed by atoms with Gasteiger partial charge >= 0.3 is 0 Å². The lowest BCUT2D eigenvalue weighted by Crippen LogP contribution is -2.26. The number of nitrogens with one attached hydrogen (secondary N) is 1. The molecule has 37 heavy (non-hydrogen) atoms. The fourth-order valence-electron chi connectivity index (χ4n) is 4.76. The smallest absolute Gasteiger partial charge is 0.252 e. The van der Waals surface area contributed by atoms with E-state index in [1.807, 2.05) is 48.5 Å². The van der Waals surface area contributed by atoms with E-state index in [0.717, 1.165) is 17.5 Å². The number of carbonyl (C=O) groups excluding carboxylic acids is 1. The van der Waals surface area contributed by atoms with E-state index in [0.29, 0.717) is 28.7 Å². The quantitative estimate of drug-likeness (QED) is 0.256. The number of amides is 1. The van der Waals surface area contributed by atoms with Gasteiger partial charge in [-0.3, -0.25) is 4.79 Å². The molecule has 0 aliphatic carbocycles. The molecular formula is C33H29FN2O. The second kappa shape index (κ2) is 10.8. The van der Waals surface area contributed by atoms with Gasteiger partial charge in [0.1, 0.15) is 5.82 Å². The summed E-state index contributed by atoms with van der Waals surface area (Å²) in [4.78, 5) is 18.2. The summed E-state index contributed by atoms with van der Waals surface area (Å²) in [5.74, 6) is -0.473. The molecule has 1 amide bonds. The van der Waals surface area contributed by atoms with Crippen LogP contribution in [0.5, 0.6) is 0 Å². The lowest BCUT2D eigenvalue weighted by molar-refractivity contribution is 0.0954. The molecular weight excluding hydrogens is 459 g/mol. The highest BCUT2D eigenvalue weighted by Gasteiger charge is 2.17. The molecule has 0 bridgehead atoms. The lowest BCUT2D eigenvalue weighted by atomic mass is 9.88. The van der Waals surface area contributed by atoms with Crippen LogP contribution in [0.1, 0.15) is 45.0 Å². The first kappa shape index (κ1) is 24.4. The number of aromatic nitrogens is 1. The van der Waals surface area contributed by atoms with Gasteiger partial charge < -0.3 is 5.32 Å². The molecule has 4 heteroatoms. The van der Waals surface area contributed by atoms with Gasteiger partial charge in [-0.05, 0) is 72.9 Å². The van der Waals surface area contributed by atoms with Gasteiger partial charge in [-0.2, -0.15) is 0 Å². The topological polar surface area (TPSA) is 42.0 Å². The van der Waals surface area contributed by atoms with Crippen LogP contribution in [0.25, 0.3) is 22.2 Å². The van der Waals surface area contributed by atoms with Gasteiger partial charge in [0.15, 0.2) is 0 Å². The summed E-state index contributed by atoms with van der Waals surface area (Å²) >= 11 is 0. The van der Waals surface area contributed by atoms with Crippen molar-refractivity contribution < 1.29 is 9.18 Å². The molecule has 184 valence electrons. The molecule has 5 aromatic rings. The highest BCUT2D eigenvalue weighted by atomic mass is 19.1. The first-order valence-electron chi connectivity index (χ1n) is 12.6. The summed E-state index contributed by atoms with van der Waals surface area (Å²) < 4.78 is 14.2. The van der Waals surface area contributed by atoms with Crippen LogP contribution in [0, 0.1) is 19.7 Å². The van der Waals surface area contributed by atoms with E-state index in [-0.39, 0.29) is 11.8 Å². The molecule has 0 radical (unpaired) electrons. The highest BCUT2D eigenvalue weighted by molar-refractivity contribution is 6.07. The van der Waals surface area contributed by atoms with Crippen LogP contribution < -0.4 is 5.32 Å². The Hall–Kier alpha value is -4.31. The lowest BCUT2D eigenvalue weighted by Gasteiger charge is -2.19. The van der Waals surface area contributed by atoms with Crippen molar-refractivity contribution in [1.29, 1.82) is 0 Å². The number of nitrogens with zero attached hydrogens (tertiary/aromatic N) is 1. The number of rotatable bonds is 7. The summed E-state index contributed by atoms with van der Waals surface area (Å²) in [7, 11) is 0. The predicted octanol–water partition coefficient (Wildman–Crippen LogP) is 7.61. The van der Waals surface area contributed by atoms with Crippen LogP contribution in [0.4, 0.5) is 4.39 Å². The molecule has 4 aromatic carbocycles. The Morgan fingerprint density at radius 2 is 1.49 bits per heavy atom. The second-order valence-electron chi connectivity index (χ2n) is 9.43. The zero-order valence-corrected chi connectivity index (χ0v) is 21.0. The minimum absolute atomic E-state index is 0.153. The third kappa shape index (κ3) is 5.44. The van der Waals surface area contributed by atoms with Crippen LogP contribution in [0.3, 0.4) is 0 Å². The summed E-state index contributed by atoms with van der Waals surface area (Å²) in [5, 5.41) is 3.60. The van der Waals surface area contributed by atoms with Crippen molar-refractivity contribution >= 4 is 16.8 Å². The van der Waals surface area contributed by atoms with Crippen LogP contribution in [-0.4, -0.2) is 17.4 Å². The third-order valence-corrected chi connectivity index (χ3v) is 6.94. The summed E-state index contributed by atoms with van der Waals surface area (Å²) in [6.45, 7) is 4.59. The Balaban J connectivity index is 1.43. The monoisotopic (exact) mass is 488 g/mol. The SMILES string of the molecule is Cc1ccc(-c2cc(C(=O)NCCC(c3ccccc3)c3ccccc3)c3cc(F)ccc3n2)cc1C. The van der Waals surface area contributed by atoms with E-state index >= 15 is 0 Å². The van der Waals surface area contributed by atoms with Crippen LogP contribution in [0.15, 0.2) is 103 Å². The second-order valence-corrected chi connectivity index (χ2v) is 9.43. The van der Waals surface area contributed by atoms with Gasteiger partial charge in [-0.25, -0.2) is 9.37 Å². The average Bonchev–Trinajstić information content (AvgIpc) is 2.93. The van der Waals surface area contributed by atoms with Crippen LogP contribution >= 0.6 is 0 Å². The number of benzene rings is 4. The molecule has 1 heterocycles. The molecule has 5 rings (SSSR count). The minimum atomic E-state index is -0.393. The molecule has 0 fully saturated rings. The molecule has 1 N–H and O–H groups in total. The normalized spacial score (nSPS) is 11.1. The number of carbonyl (C=O) groups is 1. The summed E-state index contributed by atoms with van der Waals surface area (Å²) in [6.07, 6.45) is 0.737. The molecule has 0 aliphatic rings. The van der Waals surface area contributed by atoms with Crippen molar-refractivity contribution in [3.8, 4) is 11.3 Å². The summed E-state index contributed by atoms with van der Waals surface area (Å²) in [6, 6.07) is 32.9. The van der Waals surface area contributed by atoms with Crippen molar-refractivity contribution in [2.24, 2.45) is 0 Å².